The Kier molecular flexibility index (Phi) is 16.2. The number of imidazole rings is 3. The molecule has 444 valence electrons. The number of esters is 1. The molecular formula is C75H56BrFN10O4. The number of ether oxygens (including phenoxy) is 1. The predicted octanol–water partition coefficient (Wildman–Crippen LogP) is 18.3. The second kappa shape index (κ2) is 25.2. The lowest BCUT2D eigenvalue weighted by Crippen LogP contribution is -2.11. The van der Waals surface area contributed by atoms with E-state index in [4.69, 9.17) is 19.7 Å². The quantitative estimate of drug-likeness (QED) is 0.0975. The first-order chi connectivity index (χ1) is 44.4. The normalized spacial score (nSPS) is 11.1. The summed E-state index contributed by atoms with van der Waals surface area (Å²) in [5.41, 5.74) is 17.4. The lowest BCUT2D eigenvalue weighted by Gasteiger charge is -2.10. The molecule has 7 heterocycles. The molecule has 0 atom stereocenters. The van der Waals surface area contributed by atoms with Crippen LogP contribution in [0, 0.1) is 12.7 Å². The van der Waals surface area contributed by atoms with Gasteiger partial charge in [0, 0.05) is 126 Å². The van der Waals surface area contributed by atoms with Gasteiger partial charge in [-0.3, -0.25) is 23.7 Å². The summed E-state index contributed by atoms with van der Waals surface area (Å²) in [4.78, 5) is 70.0. The van der Waals surface area contributed by atoms with Gasteiger partial charge in [-0.2, -0.15) is 0 Å². The molecule has 4 N–H and O–H groups in total. The summed E-state index contributed by atoms with van der Waals surface area (Å²) in [5.74, 6) is 1.20. The fourth-order valence-electron chi connectivity index (χ4n) is 11.6. The van der Waals surface area contributed by atoms with E-state index in [9.17, 15) is 18.8 Å². The number of benzene rings is 8. The molecule has 14 nitrogen and oxygen atoms in total. The SMILES string of the molecule is CC(=O)n1c(-c2c(C)n(C(C)=O)c3ccccc23)nc(-c2ccccc2)c1-c1ccccc1.COC(=O)c1ccc2c(-c3nc(-c4ccccc4)c(-c4ccccc4)[nH]3)c[nH]c2c1.Fc1ccc(-c2nc(-c3c[nH]c4ccc(Br)cc34)[nH]c2-c2ccncc2)cc1. The van der Waals surface area contributed by atoms with Crippen LogP contribution in [0.5, 0.6) is 0 Å². The maximum absolute atomic E-state index is 13.4. The molecule has 15 aromatic rings. The van der Waals surface area contributed by atoms with Gasteiger partial charge in [-0.25, -0.2) is 24.1 Å². The number of H-pyrrole nitrogens is 4. The molecule has 0 radical (unpaired) electrons. The number of aromatic nitrogens is 10. The fraction of sp³-hybridized carbons (Fsp3) is 0.0533. The number of pyridine rings is 1. The van der Waals surface area contributed by atoms with Crippen LogP contribution < -0.4 is 0 Å². The van der Waals surface area contributed by atoms with Gasteiger partial charge >= 0.3 is 5.97 Å². The summed E-state index contributed by atoms with van der Waals surface area (Å²) in [6.45, 7) is 5.00. The van der Waals surface area contributed by atoms with E-state index in [-0.39, 0.29) is 23.6 Å². The molecule has 91 heavy (non-hydrogen) atoms. The topological polar surface area (TPSA) is 185 Å². The highest BCUT2D eigenvalue weighted by Crippen LogP contribution is 2.42. The van der Waals surface area contributed by atoms with Crippen molar-refractivity contribution in [3.8, 4) is 102 Å². The van der Waals surface area contributed by atoms with Gasteiger partial charge in [0.1, 0.15) is 23.3 Å². The van der Waals surface area contributed by atoms with Crippen LogP contribution in [0.15, 0.2) is 248 Å². The van der Waals surface area contributed by atoms with E-state index in [2.05, 4.69) is 71.2 Å². The number of hydrogen-bond acceptors (Lipinski definition) is 8. The number of halogens is 2. The Morgan fingerprint density at radius 1 is 0.495 bits per heavy atom. The molecule has 0 aliphatic carbocycles. The maximum Gasteiger partial charge on any atom is 0.337 e. The summed E-state index contributed by atoms with van der Waals surface area (Å²) in [6, 6.07) is 69.6. The molecule has 0 fully saturated rings. The highest BCUT2D eigenvalue weighted by molar-refractivity contribution is 9.10. The van der Waals surface area contributed by atoms with E-state index >= 15 is 0 Å². The summed E-state index contributed by atoms with van der Waals surface area (Å²) >= 11 is 3.54. The van der Waals surface area contributed by atoms with Crippen molar-refractivity contribution in [3.63, 3.8) is 0 Å². The Morgan fingerprint density at radius 2 is 1.01 bits per heavy atom. The number of fused-ring (bicyclic) bond motifs is 3. The smallest absolute Gasteiger partial charge is 0.337 e. The van der Waals surface area contributed by atoms with Crippen LogP contribution in [-0.2, 0) is 4.74 Å². The lowest BCUT2D eigenvalue weighted by molar-refractivity contribution is 0.0600. The zero-order chi connectivity index (χ0) is 62.7. The third kappa shape index (κ3) is 11.5. The average molecular weight is 1260 g/mol. The monoisotopic (exact) mass is 1260 g/mol. The highest BCUT2D eigenvalue weighted by Gasteiger charge is 2.29. The summed E-state index contributed by atoms with van der Waals surface area (Å²) in [5, 5.41) is 2.93. The second-order valence-electron chi connectivity index (χ2n) is 21.5. The molecule has 8 aromatic carbocycles. The number of carbonyl (C=O) groups is 3. The molecule has 0 bridgehead atoms. The van der Waals surface area contributed by atoms with Gasteiger partial charge in [0.15, 0.2) is 0 Å². The van der Waals surface area contributed by atoms with Crippen molar-refractivity contribution < 1.29 is 23.5 Å². The minimum atomic E-state index is -0.358. The molecule has 0 amide bonds. The Balaban J connectivity index is 0.000000125. The number of nitrogens with zero attached hydrogens (tertiary/aromatic N) is 6. The molecule has 15 rings (SSSR count). The van der Waals surface area contributed by atoms with Crippen molar-refractivity contribution >= 4 is 66.4 Å². The van der Waals surface area contributed by atoms with Crippen LogP contribution in [0.4, 0.5) is 4.39 Å². The van der Waals surface area contributed by atoms with Crippen molar-refractivity contribution in [2.45, 2.75) is 20.8 Å². The summed E-state index contributed by atoms with van der Waals surface area (Å²) in [6.07, 6.45) is 7.34. The third-order valence-corrected chi connectivity index (χ3v) is 16.3. The van der Waals surface area contributed by atoms with E-state index in [1.54, 1.807) is 59.6 Å². The van der Waals surface area contributed by atoms with Gasteiger partial charge in [0.25, 0.3) is 0 Å². The summed E-state index contributed by atoms with van der Waals surface area (Å²) in [7, 11) is 1.38. The van der Waals surface area contributed by atoms with Crippen LogP contribution in [-0.4, -0.2) is 73.9 Å². The number of rotatable bonds is 10. The molecular weight excluding hydrogens is 1200 g/mol. The molecule has 0 aliphatic heterocycles. The van der Waals surface area contributed by atoms with Gasteiger partial charge in [0.05, 0.1) is 52.4 Å². The van der Waals surface area contributed by atoms with Crippen molar-refractivity contribution in [1.82, 2.24) is 49.0 Å². The van der Waals surface area contributed by atoms with Crippen LogP contribution in [0.25, 0.3) is 134 Å². The van der Waals surface area contributed by atoms with Crippen molar-refractivity contribution in [2.24, 2.45) is 0 Å². The van der Waals surface area contributed by atoms with E-state index < -0.39 is 0 Å². The lowest BCUT2D eigenvalue weighted by atomic mass is 10.0. The maximum atomic E-state index is 13.4. The third-order valence-electron chi connectivity index (χ3n) is 15.8. The predicted molar refractivity (Wildman–Crippen MR) is 362 cm³/mol. The fourth-order valence-corrected chi connectivity index (χ4v) is 12.0. The van der Waals surface area contributed by atoms with Gasteiger partial charge in [-0.1, -0.05) is 162 Å². The number of methoxy groups -OCH3 is 1. The number of hydrogen-bond donors (Lipinski definition) is 4. The molecule has 0 spiro atoms. The number of aromatic amines is 4. The number of para-hydroxylation sites is 1. The van der Waals surface area contributed by atoms with Gasteiger partial charge in [0.2, 0.25) is 11.8 Å². The first kappa shape index (κ1) is 58.4. The average Bonchev–Trinajstić information content (AvgIpc) is 1.59. The van der Waals surface area contributed by atoms with Crippen LogP contribution in [0.1, 0.15) is 39.5 Å². The minimum Gasteiger partial charge on any atom is -0.465 e. The molecule has 16 heteroatoms. The molecule has 0 saturated carbocycles. The largest absolute Gasteiger partial charge is 0.465 e. The zero-order valence-corrected chi connectivity index (χ0v) is 51.3. The van der Waals surface area contributed by atoms with Crippen LogP contribution in [0.3, 0.4) is 0 Å². The first-order valence-electron chi connectivity index (χ1n) is 29.2. The molecule has 0 aliphatic rings. The molecule has 7 aromatic heterocycles. The Hall–Kier alpha value is -11.6. The molecule has 0 saturated heterocycles. The Labute approximate surface area is 530 Å². The van der Waals surface area contributed by atoms with E-state index in [1.807, 2.05) is 171 Å². The minimum absolute atomic E-state index is 0.0811. The first-order valence-corrected chi connectivity index (χ1v) is 30.0. The van der Waals surface area contributed by atoms with Crippen molar-refractivity contribution in [3.05, 3.63) is 265 Å². The van der Waals surface area contributed by atoms with Crippen molar-refractivity contribution in [2.75, 3.05) is 7.11 Å². The summed E-state index contributed by atoms with van der Waals surface area (Å²) < 4.78 is 22.6. The van der Waals surface area contributed by atoms with E-state index in [0.717, 1.165) is 139 Å². The van der Waals surface area contributed by atoms with Crippen LogP contribution in [0.2, 0.25) is 0 Å². The van der Waals surface area contributed by atoms with Gasteiger partial charge in [-0.05, 0) is 79.7 Å². The molecule has 0 unspecified atom stereocenters. The van der Waals surface area contributed by atoms with Crippen LogP contribution >= 0.6 is 15.9 Å². The standard InChI is InChI=1S/C28H23N3O2.C25H19N3O2.C22H14BrFN4/c1-18-25(23-16-10-11-17-24(23)30(18)19(2)32)28-29-26(21-12-6-4-7-13-21)27(31(28)20(3)33)22-14-8-5-9-15-22;1-30-25(29)18-12-13-19-20(15-26-21(19)14-18)24-27-22(16-8-4-2-5-9-16)23(28-24)17-10-6-3-7-11-17;23-15-3-6-19-17(11-15)18(12-26-19)22-27-20(13-1-4-16(24)5-2-13)21(28-22)14-7-9-25-10-8-14/h4-17H,1-3H3;2-15,26H,1H3,(H,27,28);1-12,26H,(H,27,28). The number of nitrogens with one attached hydrogen (secondary N) is 4. The number of carbonyl (C=O) groups excluding carboxylic acids is 3. The van der Waals surface area contributed by atoms with Gasteiger partial charge < -0.3 is 24.7 Å². The van der Waals surface area contributed by atoms with E-state index in [0.29, 0.717) is 11.4 Å². The van der Waals surface area contributed by atoms with E-state index in [1.165, 1.54) is 19.2 Å². The second-order valence-corrected chi connectivity index (χ2v) is 22.4. The highest BCUT2D eigenvalue weighted by atomic mass is 79.9. The van der Waals surface area contributed by atoms with Crippen molar-refractivity contribution in [1.29, 1.82) is 0 Å². The Bertz CT molecular complexity index is 5090. The zero-order valence-electron chi connectivity index (χ0n) is 49.7. The van der Waals surface area contributed by atoms with Gasteiger partial charge in [-0.15, -0.1) is 0 Å². The Morgan fingerprint density at radius 3 is 1.60 bits per heavy atom.